The fourth-order valence-corrected chi connectivity index (χ4v) is 3.47. The predicted molar refractivity (Wildman–Crippen MR) is 95.0 cm³/mol. The number of ether oxygens (including phenoxy) is 2. The first-order valence-corrected chi connectivity index (χ1v) is 8.48. The molecule has 0 saturated heterocycles. The third-order valence-electron chi connectivity index (χ3n) is 4.81. The molecule has 1 amide bonds. The second-order valence-electron chi connectivity index (χ2n) is 6.41. The van der Waals surface area contributed by atoms with Crippen LogP contribution in [0.1, 0.15) is 22.6 Å². The van der Waals surface area contributed by atoms with Gasteiger partial charge in [0.1, 0.15) is 11.7 Å². The summed E-state index contributed by atoms with van der Waals surface area (Å²) in [5.74, 6) is -2.96. The van der Waals surface area contributed by atoms with Gasteiger partial charge < -0.3 is 14.8 Å². The van der Waals surface area contributed by atoms with Crippen molar-refractivity contribution in [3.8, 4) is 5.75 Å². The van der Waals surface area contributed by atoms with Crippen LogP contribution in [0.2, 0.25) is 0 Å². The second-order valence-corrected chi connectivity index (χ2v) is 6.41. The Morgan fingerprint density at radius 2 is 1.86 bits per heavy atom. The Morgan fingerprint density at radius 3 is 2.50 bits per heavy atom. The SMILES string of the molecule is COC(=O)C1C(=O)Nc2ccc(C(F)(F)F)cc2CC1c1ccccc1OC. The molecule has 2 unspecified atom stereocenters. The first-order chi connectivity index (χ1) is 13.3. The molecule has 3 rings (SSSR count). The lowest BCUT2D eigenvalue weighted by Crippen LogP contribution is -2.34. The quantitative estimate of drug-likeness (QED) is 0.637. The maximum atomic E-state index is 13.2. The summed E-state index contributed by atoms with van der Waals surface area (Å²) in [5, 5.41) is 2.56. The van der Waals surface area contributed by atoms with Crippen molar-refractivity contribution >= 4 is 17.6 Å². The van der Waals surface area contributed by atoms with Gasteiger partial charge in [0.05, 0.1) is 19.8 Å². The summed E-state index contributed by atoms with van der Waals surface area (Å²) < 4.78 is 49.6. The van der Waals surface area contributed by atoms with Crippen LogP contribution >= 0.6 is 0 Å². The van der Waals surface area contributed by atoms with Crippen molar-refractivity contribution < 1.29 is 32.2 Å². The number of benzene rings is 2. The lowest BCUT2D eigenvalue weighted by atomic mass is 9.81. The van der Waals surface area contributed by atoms with Gasteiger partial charge in [0.25, 0.3) is 0 Å². The molecular formula is C20H18F3NO4. The lowest BCUT2D eigenvalue weighted by Gasteiger charge is -2.23. The first kappa shape index (κ1) is 19.7. The highest BCUT2D eigenvalue weighted by Crippen LogP contribution is 2.41. The van der Waals surface area contributed by atoms with Crippen molar-refractivity contribution in [2.24, 2.45) is 5.92 Å². The molecule has 1 aliphatic heterocycles. The molecular weight excluding hydrogens is 375 g/mol. The van der Waals surface area contributed by atoms with Gasteiger partial charge >= 0.3 is 12.1 Å². The molecule has 2 atom stereocenters. The van der Waals surface area contributed by atoms with E-state index in [2.05, 4.69) is 5.32 Å². The molecule has 5 nitrogen and oxygen atoms in total. The maximum absolute atomic E-state index is 13.2. The van der Waals surface area contributed by atoms with Gasteiger partial charge in [-0.2, -0.15) is 13.2 Å². The van der Waals surface area contributed by atoms with E-state index < -0.39 is 35.5 Å². The summed E-state index contributed by atoms with van der Waals surface area (Å²) in [5.41, 5.74) is 0.242. The number of fused-ring (bicyclic) bond motifs is 1. The number of halogens is 3. The number of alkyl halides is 3. The molecule has 8 heteroatoms. The van der Waals surface area contributed by atoms with Crippen LogP contribution in [-0.2, 0) is 26.9 Å². The molecule has 0 radical (unpaired) electrons. The Kier molecular flexibility index (Phi) is 5.31. The number of para-hydroxylation sites is 1. The Balaban J connectivity index is 2.16. The van der Waals surface area contributed by atoms with Gasteiger partial charge in [-0.25, -0.2) is 0 Å². The normalized spacial score (nSPS) is 19.2. The monoisotopic (exact) mass is 393 g/mol. The van der Waals surface area contributed by atoms with Crippen LogP contribution in [0.15, 0.2) is 42.5 Å². The van der Waals surface area contributed by atoms with E-state index in [1.165, 1.54) is 13.2 Å². The molecule has 0 spiro atoms. The van der Waals surface area contributed by atoms with Crippen LogP contribution in [0, 0.1) is 5.92 Å². The summed E-state index contributed by atoms with van der Waals surface area (Å²) >= 11 is 0. The molecule has 1 N–H and O–H groups in total. The van der Waals surface area contributed by atoms with Crippen molar-refractivity contribution in [2.75, 3.05) is 19.5 Å². The van der Waals surface area contributed by atoms with Gasteiger partial charge in [-0.1, -0.05) is 18.2 Å². The molecule has 0 aromatic heterocycles. The summed E-state index contributed by atoms with van der Waals surface area (Å²) in [6.07, 6.45) is -4.49. The van der Waals surface area contributed by atoms with Crippen LogP contribution in [-0.4, -0.2) is 26.1 Å². The minimum Gasteiger partial charge on any atom is -0.496 e. The largest absolute Gasteiger partial charge is 0.496 e. The van der Waals surface area contributed by atoms with Crippen LogP contribution in [0.4, 0.5) is 18.9 Å². The number of rotatable bonds is 3. The molecule has 0 bridgehead atoms. The minimum absolute atomic E-state index is 0.0259. The predicted octanol–water partition coefficient (Wildman–Crippen LogP) is 3.78. The Labute approximate surface area is 159 Å². The first-order valence-electron chi connectivity index (χ1n) is 8.48. The minimum atomic E-state index is -4.52. The number of esters is 1. The van der Waals surface area contributed by atoms with E-state index >= 15 is 0 Å². The smallest absolute Gasteiger partial charge is 0.416 e. The Morgan fingerprint density at radius 1 is 1.14 bits per heavy atom. The van der Waals surface area contributed by atoms with Crippen molar-refractivity contribution in [3.05, 3.63) is 59.2 Å². The maximum Gasteiger partial charge on any atom is 0.416 e. The highest BCUT2D eigenvalue weighted by Gasteiger charge is 2.41. The van der Waals surface area contributed by atoms with E-state index in [4.69, 9.17) is 9.47 Å². The molecule has 2 aromatic rings. The van der Waals surface area contributed by atoms with E-state index in [0.717, 1.165) is 19.2 Å². The van der Waals surface area contributed by atoms with Crippen molar-refractivity contribution in [3.63, 3.8) is 0 Å². The third-order valence-corrected chi connectivity index (χ3v) is 4.81. The van der Waals surface area contributed by atoms with Crippen molar-refractivity contribution in [1.82, 2.24) is 0 Å². The fourth-order valence-electron chi connectivity index (χ4n) is 3.47. The summed E-state index contributed by atoms with van der Waals surface area (Å²) in [6.45, 7) is 0. The summed E-state index contributed by atoms with van der Waals surface area (Å²) in [6, 6.07) is 9.89. The Hall–Kier alpha value is -3.03. The highest BCUT2D eigenvalue weighted by atomic mass is 19.4. The van der Waals surface area contributed by atoms with Gasteiger partial charge in [0, 0.05) is 11.6 Å². The van der Waals surface area contributed by atoms with Gasteiger partial charge in [0.15, 0.2) is 0 Å². The standard InChI is InChI=1S/C20H18F3NO4/c1-27-16-6-4-3-5-13(16)14-10-11-9-12(20(21,22)23)7-8-15(11)24-18(25)17(14)19(26)28-2/h3-9,14,17H,10H2,1-2H3,(H,24,25). The number of amides is 1. The average molecular weight is 393 g/mol. The topological polar surface area (TPSA) is 64.6 Å². The number of anilines is 1. The second kappa shape index (κ2) is 7.53. The van der Waals surface area contributed by atoms with Crippen molar-refractivity contribution in [2.45, 2.75) is 18.5 Å². The number of hydrogen-bond donors (Lipinski definition) is 1. The van der Waals surface area contributed by atoms with E-state index in [1.54, 1.807) is 24.3 Å². The number of carbonyl (C=O) groups is 2. The Bertz CT molecular complexity index is 911. The molecule has 28 heavy (non-hydrogen) atoms. The third kappa shape index (κ3) is 3.67. The number of carbonyl (C=O) groups excluding carboxylic acids is 2. The van der Waals surface area contributed by atoms with Gasteiger partial charge in [-0.3, -0.25) is 9.59 Å². The van der Waals surface area contributed by atoms with E-state index in [9.17, 15) is 22.8 Å². The molecule has 1 heterocycles. The molecule has 0 aliphatic carbocycles. The molecule has 148 valence electrons. The summed E-state index contributed by atoms with van der Waals surface area (Å²) in [7, 11) is 2.60. The molecule has 0 fully saturated rings. The zero-order valence-corrected chi connectivity index (χ0v) is 15.2. The van der Waals surface area contributed by atoms with Crippen LogP contribution in [0.5, 0.6) is 5.75 Å². The molecule has 0 saturated carbocycles. The van der Waals surface area contributed by atoms with E-state index in [1.807, 2.05) is 0 Å². The zero-order valence-electron chi connectivity index (χ0n) is 15.2. The number of hydrogen-bond acceptors (Lipinski definition) is 4. The fraction of sp³-hybridized carbons (Fsp3) is 0.300. The van der Waals surface area contributed by atoms with Gasteiger partial charge in [-0.15, -0.1) is 0 Å². The van der Waals surface area contributed by atoms with Crippen LogP contribution < -0.4 is 10.1 Å². The average Bonchev–Trinajstić information content (AvgIpc) is 2.81. The number of methoxy groups -OCH3 is 2. The summed E-state index contributed by atoms with van der Waals surface area (Å²) in [4.78, 5) is 25.2. The van der Waals surface area contributed by atoms with E-state index in [-0.39, 0.29) is 17.7 Å². The highest BCUT2D eigenvalue weighted by molar-refractivity contribution is 6.06. The van der Waals surface area contributed by atoms with Crippen molar-refractivity contribution in [1.29, 1.82) is 0 Å². The number of nitrogens with one attached hydrogen (secondary N) is 1. The van der Waals surface area contributed by atoms with Crippen LogP contribution in [0.25, 0.3) is 0 Å². The lowest BCUT2D eigenvalue weighted by molar-refractivity contribution is -0.149. The van der Waals surface area contributed by atoms with Gasteiger partial charge in [-0.05, 0) is 41.8 Å². The van der Waals surface area contributed by atoms with E-state index in [0.29, 0.717) is 11.3 Å². The molecule has 2 aromatic carbocycles. The molecule has 1 aliphatic rings. The zero-order chi connectivity index (χ0) is 20.5. The van der Waals surface area contributed by atoms with Crippen LogP contribution in [0.3, 0.4) is 0 Å². The van der Waals surface area contributed by atoms with Gasteiger partial charge in [0.2, 0.25) is 5.91 Å².